The van der Waals surface area contributed by atoms with E-state index in [1.165, 1.54) is 12.7 Å². The first-order chi connectivity index (χ1) is 10.3. The summed E-state index contributed by atoms with van der Waals surface area (Å²) >= 11 is 0. The molecule has 1 aliphatic carbocycles. The highest BCUT2D eigenvalue weighted by atomic mass is 16.5. The molecular formula is C17H23NO3. The lowest BCUT2D eigenvalue weighted by Crippen LogP contribution is -2.54. The monoisotopic (exact) mass is 289 g/mol. The Labute approximate surface area is 125 Å². The van der Waals surface area contributed by atoms with Gasteiger partial charge in [0.1, 0.15) is 0 Å². The SMILES string of the molecule is COC(=O)C1CC2COCC(C1)C2NCc1ccccc1. The summed E-state index contributed by atoms with van der Waals surface area (Å²) in [6, 6.07) is 10.9. The molecule has 1 aromatic rings. The first-order valence-electron chi connectivity index (χ1n) is 7.71. The second-order valence-corrected chi connectivity index (χ2v) is 6.14. The molecule has 4 nitrogen and oxygen atoms in total. The lowest BCUT2D eigenvalue weighted by molar-refractivity contribution is -0.151. The highest BCUT2D eigenvalue weighted by Crippen LogP contribution is 2.38. The maximum absolute atomic E-state index is 11.8. The average molecular weight is 289 g/mol. The Hall–Kier alpha value is -1.39. The fraction of sp³-hybridized carbons (Fsp3) is 0.588. The molecule has 1 N–H and O–H groups in total. The van der Waals surface area contributed by atoms with E-state index in [0.717, 1.165) is 32.6 Å². The number of esters is 1. The molecule has 4 heteroatoms. The maximum atomic E-state index is 11.8. The summed E-state index contributed by atoms with van der Waals surface area (Å²) in [6.07, 6.45) is 1.74. The molecule has 0 radical (unpaired) electrons. The summed E-state index contributed by atoms with van der Waals surface area (Å²) < 4.78 is 10.6. The first-order valence-corrected chi connectivity index (χ1v) is 7.71. The van der Waals surface area contributed by atoms with Crippen LogP contribution in [0.2, 0.25) is 0 Å². The zero-order chi connectivity index (χ0) is 14.7. The second kappa shape index (κ2) is 6.58. The zero-order valence-corrected chi connectivity index (χ0v) is 12.5. The lowest BCUT2D eigenvalue weighted by atomic mass is 9.70. The van der Waals surface area contributed by atoms with E-state index in [4.69, 9.17) is 9.47 Å². The molecule has 2 atom stereocenters. The summed E-state index contributed by atoms with van der Waals surface area (Å²) in [5, 5.41) is 3.69. The lowest BCUT2D eigenvalue weighted by Gasteiger charge is -2.45. The van der Waals surface area contributed by atoms with Crippen LogP contribution in [0.5, 0.6) is 0 Å². The van der Waals surface area contributed by atoms with E-state index in [0.29, 0.717) is 17.9 Å². The van der Waals surface area contributed by atoms with Gasteiger partial charge in [-0.3, -0.25) is 4.79 Å². The molecule has 2 fully saturated rings. The molecule has 3 rings (SSSR count). The van der Waals surface area contributed by atoms with Crippen molar-refractivity contribution in [1.82, 2.24) is 5.32 Å². The van der Waals surface area contributed by atoms with Gasteiger partial charge in [-0.25, -0.2) is 0 Å². The summed E-state index contributed by atoms with van der Waals surface area (Å²) in [5.41, 5.74) is 1.30. The molecule has 1 aromatic carbocycles. The van der Waals surface area contributed by atoms with Crippen LogP contribution in [0, 0.1) is 17.8 Å². The maximum Gasteiger partial charge on any atom is 0.308 e. The van der Waals surface area contributed by atoms with Crippen molar-refractivity contribution in [3.05, 3.63) is 35.9 Å². The van der Waals surface area contributed by atoms with Crippen molar-refractivity contribution in [1.29, 1.82) is 0 Å². The fourth-order valence-electron chi connectivity index (χ4n) is 3.74. The third-order valence-electron chi connectivity index (χ3n) is 4.77. The van der Waals surface area contributed by atoms with Crippen molar-refractivity contribution >= 4 is 5.97 Å². The van der Waals surface area contributed by atoms with E-state index in [-0.39, 0.29) is 11.9 Å². The van der Waals surface area contributed by atoms with E-state index in [1.807, 2.05) is 6.07 Å². The minimum Gasteiger partial charge on any atom is -0.469 e. The Morgan fingerprint density at radius 1 is 1.24 bits per heavy atom. The third kappa shape index (κ3) is 3.27. The number of methoxy groups -OCH3 is 1. The van der Waals surface area contributed by atoms with Crippen molar-refractivity contribution < 1.29 is 14.3 Å². The number of fused-ring (bicyclic) bond motifs is 2. The highest BCUT2D eigenvalue weighted by Gasteiger charge is 2.43. The highest BCUT2D eigenvalue weighted by molar-refractivity contribution is 5.72. The number of hydrogen-bond donors (Lipinski definition) is 1. The van der Waals surface area contributed by atoms with E-state index in [1.54, 1.807) is 0 Å². The number of carbonyl (C=O) groups is 1. The van der Waals surface area contributed by atoms with Gasteiger partial charge in [-0.15, -0.1) is 0 Å². The van der Waals surface area contributed by atoms with Gasteiger partial charge in [0.2, 0.25) is 0 Å². The van der Waals surface area contributed by atoms with Crippen molar-refractivity contribution in [2.45, 2.75) is 25.4 Å². The van der Waals surface area contributed by atoms with Gasteiger partial charge < -0.3 is 14.8 Å². The normalized spacial score (nSPS) is 31.7. The molecule has 2 aliphatic rings. The van der Waals surface area contributed by atoms with Gasteiger partial charge in [-0.05, 0) is 30.2 Å². The molecule has 2 unspecified atom stereocenters. The van der Waals surface area contributed by atoms with Crippen molar-refractivity contribution in [2.75, 3.05) is 20.3 Å². The van der Waals surface area contributed by atoms with Crippen LogP contribution in [-0.2, 0) is 20.8 Å². The Morgan fingerprint density at radius 3 is 2.52 bits per heavy atom. The molecule has 114 valence electrons. The number of rotatable bonds is 4. The molecule has 0 spiro atoms. The van der Waals surface area contributed by atoms with Gasteiger partial charge in [0.25, 0.3) is 0 Å². The Morgan fingerprint density at radius 2 is 1.90 bits per heavy atom. The van der Waals surface area contributed by atoms with Gasteiger partial charge in [-0.1, -0.05) is 30.3 Å². The Bertz CT molecular complexity index is 462. The van der Waals surface area contributed by atoms with Crippen LogP contribution in [0.15, 0.2) is 30.3 Å². The van der Waals surface area contributed by atoms with Crippen molar-refractivity contribution in [3.63, 3.8) is 0 Å². The van der Waals surface area contributed by atoms with E-state index in [9.17, 15) is 4.79 Å². The van der Waals surface area contributed by atoms with E-state index >= 15 is 0 Å². The standard InChI is InChI=1S/C17H23NO3/c1-20-17(19)13-7-14-10-21-11-15(8-13)16(14)18-9-12-5-3-2-4-6-12/h2-6,13-16,18H,7-11H2,1H3. The van der Waals surface area contributed by atoms with Crippen LogP contribution in [0.1, 0.15) is 18.4 Å². The smallest absolute Gasteiger partial charge is 0.308 e. The summed E-state index contributed by atoms with van der Waals surface area (Å²) in [4.78, 5) is 11.8. The van der Waals surface area contributed by atoms with E-state index in [2.05, 4.69) is 29.6 Å². The van der Waals surface area contributed by atoms with Crippen LogP contribution in [0.4, 0.5) is 0 Å². The number of hydrogen-bond acceptors (Lipinski definition) is 4. The van der Waals surface area contributed by atoms with Gasteiger partial charge in [0, 0.05) is 12.6 Å². The van der Waals surface area contributed by atoms with Gasteiger partial charge >= 0.3 is 5.97 Å². The zero-order valence-electron chi connectivity index (χ0n) is 12.5. The predicted molar refractivity (Wildman–Crippen MR) is 79.6 cm³/mol. The van der Waals surface area contributed by atoms with Crippen LogP contribution >= 0.6 is 0 Å². The van der Waals surface area contributed by atoms with Crippen molar-refractivity contribution in [3.8, 4) is 0 Å². The molecule has 0 amide bonds. The molecule has 2 bridgehead atoms. The van der Waals surface area contributed by atoms with Crippen LogP contribution in [0.3, 0.4) is 0 Å². The quantitative estimate of drug-likeness (QED) is 0.861. The molecule has 1 saturated carbocycles. The van der Waals surface area contributed by atoms with Crippen molar-refractivity contribution in [2.24, 2.45) is 17.8 Å². The Kier molecular flexibility index (Phi) is 4.56. The summed E-state index contributed by atoms with van der Waals surface area (Å²) in [7, 11) is 1.48. The molecule has 1 aliphatic heterocycles. The topological polar surface area (TPSA) is 47.6 Å². The summed E-state index contributed by atoms with van der Waals surface area (Å²) in [5.74, 6) is 0.799. The molecule has 1 heterocycles. The first kappa shape index (κ1) is 14.5. The number of carbonyl (C=O) groups excluding carboxylic acids is 1. The minimum absolute atomic E-state index is 0.0451. The fourth-order valence-corrected chi connectivity index (χ4v) is 3.74. The number of nitrogens with one attached hydrogen (secondary N) is 1. The molecule has 1 saturated heterocycles. The van der Waals surface area contributed by atoms with E-state index < -0.39 is 0 Å². The molecule has 0 aromatic heterocycles. The average Bonchev–Trinajstić information content (AvgIpc) is 2.52. The third-order valence-corrected chi connectivity index (χ3v) is 4.77. The second-order valence-electron chi connectivity index (χ2n) is 6.14. The Balaban J connectivity index is 1.62. The van der Waals surface area contributed by atoms with Gasteiger partial charge in [0.15, 0.2) is 0 Å². The molecule has 21 heavy (non-hydrogen) atoms. The summed E-state index contributed by atoms with van der Waals surface area (Å²) in [6.45, 7) is 2.37. The van der Waals surface area contributed by atoms with Crippen LogP contribution in [-0.4, -0.2) is 32.3 Å². The minimum atomic E-state index is -0.0617. The molecular weight excluding hydrogens is 266 g/mol. The van der Waals surface area contributed by atoms with Gasteiger partial charge in [-0.2, -0.15) is 0 Å². The van der Waals surface area contributed by atoms with Crippen LogP contribution < -0.4 is 5.32 Å². The van der Waals surface area contributed by atoms with Gasteiger partial charge in [0.05, 0.1) is 26.2 Å². The predicted octanol–water partition coefficient (Wildman–Crippen LogP) is 1.99. The largest absolute Gasteiger partial charge is 0.469 e. The van der Waals surface area contributed by atoms with Crippen LogP contribution in [0.25, 0.3) is 0 Å². The number of ether oxygens (including phenoxy) is 2. The number of benzene rings is 1.